The third-order valence-corrected chi connectivity index (χ3v) is 4.92. The number of alkyl halides is 2. The molecule has 0 radical (unpaired) electrons. The number of pyridine rings is 1. The van der Waals surface area contributed by atoms with Crippen LogP contribution in [0.5, 0.6) is 5.75 Å². The van der Waals surface area contributed by atoms with Gasteiger partial charge >= 0.3 is 0 Å². The van der Waals surface area contributed by atoms with Gasteiger partial charge in [0.25, 0.3) is 12.3 Å². The van der Waals surface area contributed by atoms with Gasteiger partial charge in [-0.1, -0.05) is 5.92 Å². The summed E-state index contributed by atoms with van der Waals surface area (Å²) in [6, 6.07) is -0.347. The molecule has 0 spiro atoms. The number of amides is 1. The zero-order valence-corrected chi connectivity index (χ0v) is 14.8. The van der Waals surface area contributed by atoms with Crippen molar-refractivity contribution in [1.29, 1.82) is 0 Å². The Morgan fingerprint density at radius 3 is 2.89 bits per heavy atom. The number of likely N-dealkylation sites (tertiary alicyclic amines) is 1. The van der Waals surface area contributed by atoms with Crippen molar-refractivity contribution in [2.75, 3.05) is 6.54 Å². The lowest BCUT2D eigenvalue weighted by Gasteiger charge is -2.32. The molecule has 0 aliphatic carbocycles. The van der Waals surface area contributed by atoms with E-state index in [4.69, 9.17) is 9.15 Å². The van der Waals surface area contributed by atoms with Crippen LogP contribution in [0.2, 0.25) is 0 Å². The fraction of sp³-hybridized carbons (Fsp3) is 0.421. The third kappa shape index (κ3) is 2.93. The van der Waals surface area contributed by atoms with E-state index in [9.17, 15) is 13.6 Å². The van der Waals surface area contributed by atoms with Crippen LogP contribution in [0.4, 0.5) is 8.78 Å². The fourth-order valence-corrected chi connectivity index (χ4v) is 3.36. The minimum atomic E-state index is -2.75. The molecule has 0 saturated carbocycles. The second-order valence-corrected chi connectivity index (χ2v) is 7.16. The summed E-state index contributed by atoms with van der Waals surface area (Å²) in [5.74, 6) is 5.92. The van der Waals surface area contributed by atoms with E-state index in [0.29, 0.717) is 23.3 Å². The number of halogens is 2. The summed E-state index contributed by atoms with van der Waals surface area (Å²) in [5.41, 5.74) is -0.530. The van der Waals surface area contributed by atoms with Crippen LogP contribution in [0, 0.1) is 17.3 Å². The van der Waals surface area contributed by atoms with E-state index in [1.165, 1.54) is 31.2 Å². The van der Waals surface area contributed by atoms with E-state index in [0.717, 1.165) is 0 Å². The largest absolute Gasteiger partial charge is 0.487 e. The van der Waals surface area contributed by atoms with Gasteiger partial charge in [-0.25, -0.2) is 13.8 Å². The van der Waals surface area contributed by atoms with Crippen LogP contribution in [0.1, 0.15) is 43.3 Å². The average molecular weight is 373 g/mol. The standard InChI is InChI=1S/C19H17F2N3O3/c1-19(2,17(20)21)18(25)24-10-12-7-14(24)13-9-22-8-11(16(13)27-12)3-4-15-23-5-6-26-15/h5-6,8-9,12,14,17H,7,10H2,1-2H3/t12-,14-/m0/s1. The van der Waals surface area contributed by atoms with Gasteiger partial charge in [0, 0.05) is 24.4 Å². The van der Waals surface area contributed by atoms with Crippen LogP contribution < -0.4 is 4.74 Å². The average Bonchev–Trinajstić information content (AvgIpc) is 3.27. The van der Waals surface area contributed by atoms with Gasteiger partial charge in [0.1, 0.15) is 23.5 Å². The SMILES string of the molecule is CC(C)(C(=O)N1C[C@@H]2C[C@H]1c1cncc(C#Cc3ncco3)c1O2)C(F)F. The molecule has 4 heterocycles. The predicted molar refractivity (Wildman–Crippen MR) is 90.0 cm³/mol. The first kappa shape index (κ1) is 17.5. The number of fused-ring (bicyclic) bond motifs is 4. The highest BCUT2D eigenvalue weighted by Crippen LogP contribution is 2.46. The molecule has 2 aliphatic heterocycles. The van der Waals surface area contributed by atoms with Gasteiger partial charge in [0.2, 0.25) is 5.91 Å². The normalized spacial score (nSPS) is 20.7. The summed E-state index contributed by atoms with van der Waals surface area (Å²) < 4.78 is 37.8. The van der Waals surface area contributed by atoms with Crippen LogP contribution in [0.3, 0.4) is 0 Å². The molecule has 27 heavy (non-hydrogen) atoms. The van der Waals surface area contributed by atoms with Gasteiger partial charge in [0.05, 0.1) is 24.3 Å². The van der Waals surface area contributed by atoms with Crippen molar-refractivity contribution in [1.82, 2.24) is 14.9 Å². The predicted octanol–water partition coefficient (Wildman–Crippen LogP) is 2.80. The molecule has 2 atom stereocenters. The minimum Gasteiger partial charge on any atom is -0.487 e. The van der Waals surface area contributed by atoms with Gasteiger partial charge in [-0.05, 0) is 19.8 Å². The zero-order valence-electron chi connectivity index (χ0n) is 14.8. The summed E-state index contributed by atoms with van der Waals surface area (Å²) >= 11 is 0. The number of hydrogen-bond donors (Lipinski definition) is 0. The Balaban J connectivity index is 1.68. The Kier molecular flexibility index (Phi) is 4.10. The maximum atomic E-state index is 13.3. The summed E-state index contributed by atoms with van der Waals surface area (Å²) in [7, 11) is 0. The van der Waals surface area contributed by atoms with Gasteiger partial charge < -0.3 is 14.1 Å². The number of aromatic nitrogens is 2. The molecule has 2 aromatic heterocycles. The van der Waals surface area contributed by atoms with E-state index in [1.807, 2.05) is 0 Å². The Hall–Kier alpha value is -2.95. The van der Waals surface area contributed by atoms with Crippen molar-refractivity contribution in [2.24, 2.45) is 5.41 Å². The summed E-state index contributed by atoms with van der Waals surface area (Å²) in [5, 5.41) is 0. The molecule has 8 heteroatoms. The van der Waals surface area contributed by atoms with Crippen LogP contribution in [0.15, 0.2) is 29.3 Å². The second kappa shape index (κ2) is 6.34. The van der Waals surface area contributed by atoms with Crippen LogP contribution in [-0.2, 0) is 4.79 Å². The molecule has 140 valence electrons. The Morgan fingerprint density at radius 2 is 2.19 bits per heavy atom. The molecule has 2 aliphatic rings. The molecule has 1 amide bonds. The summed E-state index contributed by atoms with van der Waals surface area (Å²) in [6.07, 6.45) is 3.63. The first-order valence-electron chi connectivity index (χ1n) is 8.53. The van der Waals surface area contributed by atoms with Crippen LogP contribution in [0.25, 0.3) is 0 Å². The topological polar surface area (TPSA) is 68.5 Å². The van der Waals surface area contributed by atoms with Gasteiger partial charge in [0.15, 0.2) is 0 Å². The van der Waals surface area contributed by atoms with Gasteiger partial charge in [-0.15, -0.1) is 0 Å². The first-order valence-corrected chi connectivity index (χ1v) is 8.53. The smallest absolute Gasteiger partial charge is 0.273 e. The highest BCUT2D eigenvalue weighted by molar-refractivity contribution is 5.83. The minimum absolute atomic E-state index is 0.260. The van der Waals surface area contributed by atoms with Crippen molar-refractivity contribution >= 4 is 5.91 Å². The number of nitrogens with zero attached hydrogens (tertiary/aromatic N) is 3. The first-order chi connectivity index (χ1) is 12.9. The van der Waals surface area contributed by atoms with Gasteiger partial charge in [-0.2, -0.15) is 0 Å². The van der Waals surface area contributed by atoms with Crippen molar-refractivity contribution in [2.45, 2.75) is 38.8 Å². The van der Waals surface area contributed by atoms with Crippen molar-refractivity contribution < 1.29 is 22.7 Å². The maximum absolute atomic E-state index is 13.3. The molecule has 1 saturated heterocycles. The highest BCUT2D eigenvalue weighted by atomic mass is 19.3. The number of ether oxygens (including phenoxy) is 1. The lowest BCUT2D eigenvalue weighted by Crippen LogP contribution is -2.44. The molecule has 0 N–H and O–H groups in total. The molecular weight excluding hydrogens is 356 g/mol. The Morgan fingerprint density at radius 1 is 1.37 bits per heavy atom. The number of oxazole rings is 1. The Labute approximate surface area is 154 Å². The number of rotatable bonds is 2. The maximum Gasteiger partial charge on any atom is 0.273 e. The third-order valence-electron chi connectivity index (χ3n) is 4.92. The van der Waals surface area contributed by atoms with E-state index in [1.54, 1.807) is 12.4 Å². The molecule has 0 aromatic carbocycles. The number of hydrogen-bond acceptors (Lipinski definition) is 5. The van der Waals surface area contributed by atoms with E-state index < -0.39 is 17.7 Å². The lowest BCUT2D eigenvalue weighted by molar-refractivity contribution is -0.149. The molecule has 0 unspecified atom stereocenters. The molecule has 1 fully saturated rings. The molecular formula is C19H17F2N3O3. The fourth-order valence-electron chi connectivity index (χ4n) is 3.36. The van der Waals surface area contributed by atoms with E-state index in [-0.39, 0.29) is 24.6 Å². The molecule has 2 aromatic rings. The Bertz CT molecular complexity index is 931. The zero-order chi connectivity index (χ0) is 19.2. The quantitative estimate of drug-likeness (QED) is 0.758. The van der Waals surface area contributed by atoms with Crippen LogP contribution >= 0.6 is 0 Å². The summed E-state index contributed by atoms with van der Waals surface area (Å²) in [6.45, 7) is 2.79. The molecule has 4 rings (SSSR count). The van der Waals surface area contributed by atoms with E-state index in [2.05, 4.69) is 21.8 Å². The van der Waals surface area contributed by atoms with E-state index >= 15 is 0 Å². The highest BCUT2D eigenvalue weighted by Gasteiger charge is 2.49. The van der Waals surface area contributed by atoms with Gasteiger partial charge in [-0.3, -0.25) is 9.78 Å². The van der Waals surface area contributed by atoms with Crippen molar-refractivity contribution in [3.8, 4) is 17.6 Å². The van der Waals surface area contributed by atoms with Crippen LogP contribution in [-0.4, -0.2) is 39.8 Å². The number of carbonyl (C=O) groups excluding carboxylic acids is 1. The summed E-state index contributed by atoms with van der Waals surface area (Å²) in [4.78, 5) is 22.4. The number of carbonyl (C=O) groups is 1. The molecule has 6 nitrogen and oxygen atoms in total. The van der Waals surface area contributed by atoms with Crippen molar-refractivity contribution in [3.63, 3.8) is 0 Å². The monoisotopic (exact) mass is 373 g/mol. The second-order valence-electron chi connectivity index (χ2n) is 7.16. The molecule has 2 bridgehead atoms. The van der Waals surface area contributed by atoms with Crippen molar-refractivity contribution in [3.05, 3.63) is 41.9 Å². The lowest BCUT2D eigenvalue weighted by atomic mass is 9.91.